The van der Waals surface area contributed by atoms with Crippen molar-refractivity contribution in [3.8, 4) is 17.2 Å². The summed E-state index contributed by atoms with van der Waals surface area (Å²) in [7, 11) is 1.61. The number of carbonyl (C=O) groups is 2. The summed E-state index contributed by atoms with van der Waals surface area (Å²) in [5.41, 5.74) is 3.46. The number of amides is 2. The van der Waals surface area contributed by atoms with Gasteiger partial charge in [0.2, 0.25) is 12.5 Å². The van der Waals surface area contributed by atoms with Crippen LogP contribution >= 0.6 is 0 Å². The zero-order chi connectivity index (χ0) is 24.3. The monoisotopic (exact) mass is 473 g/mol. The van der Waals surface area contributed by atoms with E-state index in [1.165, 1.54) is 4.90 Å². The van der Waals surface area contributed by atoms with E-state index in [-0.39, 0.29) is 30.6 Å². The second-order valence-electron chi connectivity index (χ2n) is 9.61. The Morgan fingerprint density at radius 3 is 2.71 bits per heavy atom. The zero-order valence-electron chi connectivity index (χ0n) is 20.0. The number of ether oxygens (including phenoxy) is 3. The maximum Gasteiger partial charge on any atom is 0.263 e. The van der Waals surface area contributed by atoms with Gasteiger partial charge in [0.15, 0.2) is 11.5 Å². The van der Waals surface area contributed by atoms with Crippen molar-refractivity contribution >= 4 is 22.7 Å². The highest BCUT2D eigenvalue weighted by atomic mass is 16.7. The van der Waals surface area contributed by atoms with Crippen molar-refractivity contribution in [3.05, 3.63) is 58.8 Å². The molecule has 8 heteroatoms. The Hall–Kier alpha value is -3.65. The molecule has 4 heterocycles. The molecule has 180 valence electrons. The minimum atomic E-state index is -0.219. The van der Waals surface area contributed by atoms with Gasteiger partial charge in [-0.15, -0.1) is 0 Å². The van der Waals surface area contributed by atoms with Gasteiger partial charge in [0.25, 0.3) is 11.8 Å². The highest BCUT2D eigenvalue weighted by Gasteiger charge is 2.45. The second-order valence-corrected chi connectivity index (χ2v) is 9.61. The van der Waals surface area contributed by atoms with Crippen molar-refractivity contribution in [1.82, 2.24) is 14.8 Å². The highest BCUT2D eigenvalue weighted by Crippen LogP contribution is 2.42. The molecule has 8 nitrogen and oxygen atoms in total. The van der Waals surface area contributed by atoms with E-state index in [2.05, 4.69) is 4.90 Å². The minimum Gasteiger partial charge on any atom is -0.493 e. The van der Waals surface area contributed by atoms with Crippen LogP contribution in [0, 0.1) is 0 Å². The van der Waals surface area contributed by atoms with Crippen molar-refractivity contribution in [3.63, 3.8) is 0 Å². The molecule has 1 aromatic heterocycles. The Bertz CT molecular complexity index is 1370. The summed E-state index contributed by atoms with van der Waals surface area (Å²) in [4.78, 5) is 35.8. The first-order chi connectivity index (χ1) is 17.0. The Kier molecular flexibility index (Phi) is 5.14. The lowest BCUT2D eigenvalue weighted by molar-refractivity contribution is 0.0588. The van der Waals surface area contributed by atoms with E-state index in [0.717, 1.165) is 29.4 Å². The van der Waals surface area contributed by atoms with E-state index in [0.29, 0.717) is 47.2 Å². The number of likely N-dealkylation sites (tertiary alicyclic amines) is 1. The molecule has 1 unspecified atom stereocenters. The van der Waals surface area contributed by atoms with Crippen molar-refractivity contribution in [1.29, 1.82) is 0 Å². The van der Waals surface area contributed by atoms with Gasteiger partial charge in [-0.1, -0.05) is 32.0 Å². The van der Waals surface area contributed by atoms with Crippen LogP contribution in [-0.4, -0.2) is 59.6 Å². The fourth-order valence-electron chi connectivity index (χ4n) is 5.45. The molecule has 6 rings (SSSR count). The third kappa shape index (κ3) is 3.43. The van der Waals surface area contributed by atoms with Crippen molar-refractivity contribution in [2.75, 3.05) is 27.0 Å². The third-order valence-electron chi connectivity index (χ3n) is 7.07. The average molecular weight is 474 g/mol. The fraction of sp³-hybridized carbons (Fsp3) is 0.370. The van der Waals surface area contributed by atoms with Crippen LogP contribution in [-0.2, 0) is 6.54 Å². The lowest BCUT2D eigenvalue weighted by Gasteiger charge is -2.23. The first-order valence-electron chi connectivity index (χ1n) is 12.0. The summed E-state index contributed by atoms with van der Waals surface area (Å²) in [6.45, 7) is 6.26. The zero-order valence-corrected chi connectivity index (χ0v) is 20.0. The van der Waals surface area contributed by atoms with Gasteiger partial charge in [0.1, 0.15) is 0 Å². The topological polar surface area (TPSA) is 81.2 Å². The van der Waals surface area contributed by atoms with Crippen LogP contribution in [0.1, 0.15) is 58.2 Å². The predicted octanol–water partition coefficient (Wildman–Crippen LogP) is 3.97. The predicted molar refractivity (Wildman–Crippen MR) is 129 cm³/mol. The molecular formula is C27H27N3O5. The molecule has 0 N–H and O–H groups in total. The van der Waals surface area contributed by atoms with Gasteiger partial charge < -0.3 is 14.2 Å². The van der Waals surface area contributed by atoms with Crippen LogP contribution in [0.4, 0.5) is 0 Å². The standard InChI is InChI=1S/C27H27N3O5/c1-15(2)24-23-22(18-6-4-5-7-19(18)28-24)26(31)30(27(23)32)17-8-9-29(13-17)12-16-10-20(33-3)25-21(11-16)34-14-35-25/h4-7,10-11,15,17H,8-9,12-14H2,1-3H3. The van der Waals surface area contributed by atoms with Crippen molar-refractivity contribution < 1.29 is 23.8 Å². The van der Waals surface area contributed by atoms with Gasteiger partial charge in [0.05, 0.1) is 35.5 Å². The van der Waals surface area contributed by atoms with Gasteiger partial charge in [-0.3, -0.25) is 24.4 Å². The minimum absolute atomic E-state index is 0.0334. The largest absolute Gasteiger partial charge is 0.493 e. The van der Waals surface area contributed by atoms with Crippen molar-refractivity contribution in [2.45, 2.75) is 38.8 Å². The van der Waals surface area contributed by atoms with Crippen LogP contribution in [0.5, 0.6) is 17.2 Å². The summed E-state index contributed by atoms with van der Waals surface area (Å²) in [5.74, 6) is 1.56. The first-order valence-corrected chi connectivity index (χ1v) is 12.0. The highest BCUT2D eigenvalue weighted by molar-refractivity contribution is 6.26. The SMILES string of the molecule is COc1cc(CN2CCC(N3C(=O)c4c(C(C)C)nc5ccccc5c4C3=O)C2)cc2c1OCO2. The molecule has 0 spiro atoms. The number of nitrogens with zero attached hydrogens (tertiary/aromatic N) is 3. The Morgan fingerprint density at radius 1 is 1.11 bits per heavy atom. The number of pyridine rings is 1. The molecule has 0 radical (unpaired) electrons. The molecular weight excluding hydrogens is 446 g/mol. The number of rotatable bonds is 5. The summed E-state index contributed by atoms with van der Waals surface area (Å²) in [6.07, 6.45) is 0.732. The quantitative estimate of drug-likeness (QED) is 0.519. The van der Waals surface area contributed by atoms with E-state index < -0.39 is 0 Å². The molecule has 2 aromatic carbocycles. The summed E-state index contributed by atoms with van der Waals surface area (Å²) in [6, 6.07) is 11.3. The number of carbonyl (C=O) groups excluding carboxylic acids is 2. The average Bonchev–Trinajstić information content (AvgIpc) is 3.57. The number of para-hydroxylation sites is 1. The fourth-order valence-corrected chi connectivity index (χ4v) is 5.45. The lowest BCUT2D eigenvalue weighted by Crippen LogP contribution is -2.41. The summed E-state index contributed by atoms with van der Waals surface area (Å²) >= 11 is 0. The molecule has 35 heavy (non-hydrogen) atoms. The van der Waals surface area contributed by atoms with Gasteiger partial charge in [-0.05, 0) is 36.1 Å². The number of hydrogen-bond acceptors (Lipinski definition) is 7. The molecule has 1 saturated heterocycles. The van der Waals surface area contributed by atoms with E-state index in [1.54, 1.807) is 7.11 Å². The Labute approximate surface area is 203 Å². The Balaban J connectivity index is 1.27. The Morgan fingerprint density at radius 2 is 1.91 bits per heavy atom. The van der Waals surface area contributed by atoms with Crippen LogP contribution in [0.3, 0.4) is 0 Å². The molecule has 0 aliphatic carbocycles. The van der Waals surface area contributed by atoms with Gasteiger partial charge in [0, 0.05) is 25.0 Å². The smallest absolute Gasteiger partial charge is 0.263 e. The molecule has 2 amide bonds. The normalized spacial score (nSPS) is 19.3. The van der Waals surface area contributed by atoms with E-state index >= 15 is 0 Å². The van der Waals surface area contributed by atoms with Crippen LogP contribution < -0.4 is 14.2 Å². The molecule has 1 fully saturated rings. The first kappa shape index (κ1) is 21.9. The molecule has 1 atom stereocenters. The van der Waals surface area contributed by atoms with Crippen LogP contribution in [0.15, 0.2) is 36.4 Å². The van der Waals surface area contributed by atoms with Gasteiger partial charge >= 0.3 is 0 Å². The van der Waals surface area contributed by atoms with Crippen LogP contribution in [0.2, 0.25) is 0 Å². The van der Waals surface area contributed by atoms with Gasteiger partial charge in [-0.25, -0.2) is 0 Å². The third-order valence-corrected chi connectivity index (χ3v) is 7.07. The number of benzene rings is 2. The van der Waals surface area contributed by atoms with E-state index in [1.807, 2.05) is 50.2 Å². The number of hydrogen-bond donors (Lipinski definition) is 0. The van der Waals surface area contributed by atoms with Crippen molar-refractivity contribution in [2.24, 2.45) is 0 Å². The second kappa shape index (κ2) is 8.23. The maximum atomic E-state index is 13.7. The van der Waals surface area contributed by atoms with E-state index in [9.17, 15) is 9.59 Å². The van der Waals surface area contributed by atoms with Crippen LogP contribution in [0.25, 0.3) is 10.9 Å². The summed E-state index contributed by atoms with van der Waals surface area (Å²) < 4.78 is 16.5. The summed E-state index contributed by atoms with van der Waals surface area (Å²) in [5, 5.41) is 0.745. The lowest BCUT2D eigenvalue weighted by atomic mass is 9.97. The molecule has 3 aliphatic heterocycles. The molecule has 0 bridgehead atoms. The number of methoxy groups -OCH3 is 1. The number of imide groups is 1. The maximum absolute atomic E-state index is 13.7. The molecule has 3 aliphatic rings. The number of aromatic nitrogens is 1. The van der Waals surface area contributed by atoms with E-state index in [4.69, 9.17) is 19.2 Å². The number of fused-ring (bicyclic) bond motifs is 4. The molecule has 0 saturated carbocycles. The van der Waals surface area contributed by atoms with Gasteiger partial charge in [-0.2, -0.15) is 0 Å². The molecule has 3 aromatic rings.